The lowest BCUT2D eigenvalue weighted by molar-refractivity contribution is 0.398. The van der Waals surface area contributed by atoms with E-state index in [0.717, 1.165) is 4.57 Å². The second-order valence-electron chi connectivity index (χ2n) is 2.53. The van der Waals surface area contributed by atoms with Crippen molar-refractivity contribution in [3.63, 3.8) is 0 Å². The Kier molecular flexibility index (Phi) is 1.70. The lowest BCUT2D eigenvalue weighted by Crippen LogP contribution is -2.04. The first-order valence-corrected chi connectivity index (χ1v) is 3.73. The highest BCUT2D eigenvalue weighted by Gasteiger charge is 2.10. The van der Waals surface area contributed by atoms with Gasteiger partial charge in [-0.25, -0.2) is 14.5 Å². The molecule has 0 aromatic carbocycles. The molecule has 0 aliphatic heterocycles. The Bertz CT molecular complexity index is 447. The molecule has 0 aliphatic rings. The van der Waals surface area contributed by atoms with Crippen LogP contribution in [-0.2, 0) is 0 Å². The van der Waals surface area contributed by atoms with Gasteiger partial charge < -0.3 is 15.9 Å². The molecule has 0 fully saturated rings. The monoisotopic (exact) mass is 193 g/mol. The lowest BCUT2D eigenvalue weighted by atomic mass is 10.6. The summed E-state index contributed by atoms with van der Waals surface area (Å²) in [5.74, 6) is -0.263. The van der Waals surface area contributed by atoms with Crippen LogP contribution in [0.3, 0.4) is 0 Å². The standard InChI is InChI=1S/C7H7N5O2/c8-6-9-3-10-7(11-6)12-4(13)1-2-5(12)14/h1-3,13-14H,(H2,8,9,10,11). The van der Waals surface area contributed by atoms with Crippen LogP contribution in [0.25, 0.3) is 5.95 Å². The molecule has 4 N–H and O–H groups in total. The highest BCUT2D eigenvalue weighted by Crippen LogP contribution is 2.23. The number of rotatable bonds is 1. The first kappa shape index (κ1) is 8.30. The molecule has 2 aromatic heterocycles. The number of aromatic hydroxyl groups is 2. The predicted molar refractivity (Wildman–Crippen MR) is 46.9 cm³/mol. The van der Waals surface area contributed by atoms with Crippen LogP contribution in [-0.4, -0.2) is 29.7 Å². The van der Waals surface area contributed by atoms with Crippen LogP contribution in [0.5, 0.6) is 11.8 Å². The number of anilines is 1. The average Bonchev–Trinajstić information content (AvgIpc) is 2.46. The van der Waals surface area contributed by atoms with Crippen LogP contribution in [0, 0.1) is 0 Å². The predicted octanol–water partition coefficient (Wildman–Crippen LogP) is -0.344. The van der Waals surface area contributed by atoms with Crippen molar-refractivity contribution < 1.29 is 10.2 Å². The van der Waals surface area contributed by atoms with E-state index >= 15 is 0 Å². The summed E-state index contributed by atoms with van der Waals surface area (Å²) in [6, 6.07) is 2.63. The Labute approximate surface area is 78.5 Å². The maximum Gasteiger partial charge on any atom is 0.244 e. The first-order chi connectivity index (χ1) is 6.68. The van der Waals surface area contributed by atoms with Gasteiger partial charge in [-0.1, -0.05) is 0 Å². The zero-order valence-electron chi connectivity index (χ0n) is 6.99. The minimum absolute atomic E-state index is 0.0162. The molecule has 0 bridgehead atoms. The van der Waals surface area contributed by atoms with E-state index in [0.29, 0.717) is 0 Å². The molecule has 0 atom stereocenters. The van der Waals surface area contributed by atoms with E-state index in [-0.39, 0.29) is 23.7 Å². The summed E-state index contributed by atoms with van der Waals surface area (Å²) >= 11 is 0. The van der Waals surface area contributed by atoms with Crippen LogP contribution in [0.4, 0.5) is 5.95 Å². The summed E-state index contributed by atoms with van der Waals surface area (Å²) in [5.41, 5.74) is 5.33. The smallest absolute Gasteiger partial charge is 0.244 e. The second-order valence-corrected chi connectivity index (χ2v) is 2.53. The minimum atomic E-state index is -0.173. The fraction of sp³-hybridized carbons (Fsp3) is 0. The van der Waals surface area contributed by atoms with Crippen molar-refractivity contribution in [2.24, 2.45) is 0 Å². The van der Waals surface area contributed by atoms with Crippen molar-refractivity contribution in [1.29, 1.82) is 0 Å². The van der Waals surface area contributed by atoms with Crippen molar-refractivity contribution in [3.05, 3.63) is 18.5 Å². The number of nitrogens with two attached hydrogens (primary N) is 1. The molecule has 2 heterocycles. The maximum absolute atomic E-state index is 9.34. The molecule has 72 valence electrons. The quantitative estimate of drug-likeness (QED) is 0.571. The number of nitrogens with zero attached hydrogens (tertiary/aromatic N) is 4. The van der Waals surface area contributed by atoms with Gasteiger partial charge in [-0.05, 0) is 0 Å². The lowest BCUT2D eigenvalue weighted by Gasteiger charge is -2.03. The van der Waals surface area contributed by atoms with Gasteiger partial charge in [-0.15, -0.1) is 0 Å². The van der Waals surface area contributed by atoms with Crippen molar-refractivity contribution in [1.82, 2.24) is 19.5 Å². The molecule has 0 saturated heterocycles. The largest absolute Gasteiger partial charge is 0.494 e. The van der Waals surface area contributed by atoms with Crippen LogP contribution < -0.4 is 5.73 Å². The molecule has 2 rings (SSSR count). The third-order valence-corrected chi connectivity index (χ3v) is 1.62. The summed E-state index contributed by atoms with van der Waals surface area (Å²) in [6.45, 7) is 0. The van der Waals surface area contributed by atoms with Crippen molar-refractivity contribution in [2.45, 2.75) is 0 Å². The number of nitrogen functional groups attached to an aromatic ring is 1. The molecule has 0 radical (unpaired) electrons. The zero-order chi connectivity index (χ0) is 10.1. The summed E-state index contributed by atoms with van der Waals surface area (Å²) < 4.78 is 1.04. The Balaban J connectivity index is 2.59. The van der Waals surface area contributed by atoms with Crippen LogP contribution in [0.1, 0.15) is 0 Å². The molecule has 0 aliphatic carbocycles. The fourth-order valence-electron chi connectivity index (χ4n) is 1.03. The number of hydrogen-bond acceptors (Lipinski definition) is 6. The summed E-state index contributed by atoms with van der Waals surface area (Å²) in [7, 11) is 0. The van der Waals surface area contributed by atoms with Gasteiger partial charge in [-0.2, -0.15) is 4.98 Å². The first-order valence-electron chi connectivity index (χ1n) is 3.73. The fourth-order valence-corrected chi connectivity index (χ4v) is 1.03. The molecule has 0 spiro atoms. The number of hydrogen-bond donors (Lipinski definition) is 3. The van der Waals surface area contributed by atoms with Crippen LogP contribution in [0.2, 0.25) is 0 Å². The van der Waals surface area contributed by atoms with Crippen molar-refractivity contribution >= 4 is 5.95 Å². The van der Waals surface area contributed by atoms with Gasteiger partial charge in [0, 0.05) is 12.1 Å². The molecular formula is C7H7N5O2. The minimum Gasteiger partial charge on any atom is -0.494 e. The van der Waals surface area contributed by atoms with Gasteiger partial charge >= 0.3 is 0 Å². The molecule has 14 heavy (non-hydrogen) atoms. The Morgan fingerprint density at radius 1 is 1.14 bits per heavy atom. The second kappa shape index (κ2) is 2.87. The van der Waals surface area contributed by atoms with E-state index in [2.05, 4.69) is 15.0 Å². The third-order valence-electron chi connectivity index (χ3n) is 1.62. The molecule has 2 aromatic rings. The molecule has 0 unspecified atom stereocenters. The Morgan fingerprint density at radius 2 is 1.79 bits per heavy atom. The summed E-state index contributed by atoms with van der Waals surface area (Å²) in [4.78, 5) is 11.1. The van der Waals surface area contributed by atoms with E-state index in [1.807, 2.05) is 0 Å². The van der Waals surface area contributed by atoms with Gasteiger partial charge in [0.15, 0.2) is 0 Å². The van der Waals surface area contributed by atoms with E-state index < -0.39 is 0 Å². The molecule has 7 heteroatoms. The highest BCUT2D eigenvalue weighted by atomic mass is 16.3. The van der Waals surface area contributed by atoms with Gasteiger partial charge in [0.05, 0.1) is 0 Å². The van der Waals surface area contributed by atoms with Crippen LogP contribution >= 0.6 is 0 Å². The SMILES string of the molecule is Nc1ncnc(-n2c(O)ccc2O)n1. The van der Waals surface area contributed by atoms with E-state index in [9.17, 15) is 10.2 Å². The number of aromatic nitrogens is 4. The molecule has 0 amide bonds. The Hall–Kier alpha value is -2.31. The van der Waals surface area contributed by atoms with Crippen molar-refractivity contribution in [3.8, 4) is 17.7 Å². The molecule has 0 saturated carbocycles. The molecule has 7 nitrogen and oxygen atoms in total. The van der Waals surface area contributed by atoms with Gasteiger partial charge in [0.1, 0.15) is 6.33 Å². The normalized spacial score (nSPS) is 10.3. The van der Waals surface area contributed by atoms with E-state index in [1.54, 1.807) is 0 Å². The average molecular weight is 193 g/mol. The topological polar surface area (TPSA) is 110 Å². The summed E-state index contributed by atoms with van der Waals surface area (Å²) in [5, 5.41) is 18.7. The van der Waals surface area contributed by atoms with E-state index in [1.165, 1.54) is 18.5 Å². The highest BCUT2D eigenvalue weighted by molar-refractivity contribution is 5.34. The third kappa shape index (κ3) is 1.20. The zero-order valence-corrected chi connectivity index (χ0v) is 6.99. The van der Waals surface area contributed by atoms with Crippen LogP contribution in [0.15, 0.2) is 18.5 Å². The van der Waals surface area contributed by atoms with Gasteiger partial charge in [0.2, 0.25) is 23.7 Å². The summed E-state index contributed by atoms with van der Waals surface area (Å²) in [6.07, 6.45) is 1.19. The molecular weight excluding hydrogens is 186 g/mol. The van der Waals surface area contributed by atoms with E-state index in [4.69, 9.17) is 5.73 Å². The Morgan fingerprint density at radius 3 is 2.36 bits per heavy atom. The maximum atomic E-state index is 9.34. The van der Waals surface area contributed by atoms with Crippen molar-refractivity contribution in [2.75, 3.05) is 5.73 Å². The van der Waals surface area contributed by atoms with Gasteiger partial charge in [-0.3, -0.25) is 0 Å². The van der Waals surface area contributed by atoms with Gasteiger partial charge in [0.25, 0.3) is 0 Å².